The molecule has 1 aliphatic carbocycles. The van der Waals surface area contributed by atoms with E-state index in [-0.39, 0.29) is 12.1 Å². The lowest BCUT2D eigenvalue weighted by molar-refractivity contribution is 0.265. The fraction of sp³-hybridized carbons (Fsp3) is 0.524. The van der Waals surface area contributed by atoms with Crippen molar-refractivity contribution in [2.45, 2.75) is 48.5 Å². The highest BCUT2D eigenvalue weighted by atomic mass is 32.2. The number of pyridine rings is 1. The van der Waals surface area contributed by atoms with Gasteiger partial charge in [-0.15, -0.1) is 10.2 Å². The number of nitrogens with zero attached hydrogens (tertiary/aromatic N) is 6. The van der Waals surface area contributed by atoms with Gasteiger partial charge >= 0.3 is 0 Å². The van der Waals surface area contributed by atoms with Crippen molar-refractivity contribution in [3.63, 3.8) is 0 Å². The summed E-state index contributed by atoms with van der Waals surface area (Å²) in [5, 5.41) is 21.9. The van der Waals surface area contributed by atoms with Crippen LogP contribution in [0.1, 0.15) is 43.1 Å². The first-order chi connectivity index (χ1) is 15.2. The molecule has 6 rings (SSSR count). The molecule has 2 fully saturated rings. The molecule has 9 nitrogen and oxygen atoms in total. The molecule has 3 aromatic rings. The molecule has 31 heavy (non-hydrogen) atoms. The van der Waals surface area contributed by atoms with Gasteiger partial charge in [-0.3, -0.25) is 8.61 Å². The molecule has 1 atom stereocenters. The first-order valence-corrected chi connectivity index (χ1v) is 12.2. The Morgan fingerprint density at radius 1 is 1.19 bits per heavy atom. The van der Waals surface area contributed by atoms with Crippen LogP contribution in [0.4, 0.5) is 11.8 Å². The summed E-state index contributed by atoms with van der Waals surface area (Å²) in [5.41, 5.74) is 1.45. The molecule has 0 amide bonds. The van der Waals surface area contributed by atoms with Crippen molar-refractivity contribution in [1.82, 2.24) is 24.6 Å². The normalized spacial score (nSPS) is 22.6. The van der Waals surface area contributed by atoms with Crippen molar-refractivity contribution in [1.29, 1.82) is 0 Å². The Hall–Kier alpha value is -2.59. The van der Waals surface area contributed by atoms with Gasteiger partial charge in [-0.2, -0.15) is 4.98 Å². The highest BCUT2D eigenvalue weighted by Crippen LogP contribution is 2.41. The van der Waals surface area contributed by atoms with Gasteiger partial charge in [0.05, 0.1) is 28.6 Å². The Bertz CT molecular complexity index is 1170. The first kappa shape index (κ1) is 19.1. The topological polar surface area (TPSA) is 109 Å². The number of piperidine rings is 1. The van der Waals surface area contributed by atoms with Crippen LogP contribution >= 0.6 is 0 Å². The average molecular weight is 440 g/mol. The number of hydrogen-bond donors (Lipinski definition) is 2. The summed E-state index contributed by atoms with van der Waals surface area (Å²) in [6.07, 6.45) is 6.44. The molecule has 162 valence electrons. The minimum Gasteiger partial charge on any atom is -0.394 e. The maximum Gasteiger partial charge on any atom is 0.227 e. The van der Waals surface area contributed by atoms with E-state index in [9.17, 15) is 9.32 Å². The lowest BCUT2D eigenvalue weighted by Crippen LogP contribution is -2.35. The molecular formula is C21H25N7O2S. The predicted octanol–water partition coefficient (Wildman–Crippen LogP) is 1.50. The third-order valence-corrected chi connectivity index (χ3v) is 8.16. The van der Waals surface area contributed by atoms with Crippen molar-refractivity contribution >= 4 is 28.2 Å². The molecule has 0 spiro atoms. The summed E-state index contributed by atoms with van der Waals surface area (Å²) >= 11 is 0. The van der Waals surface area contributed by atoms with E-state index < -0.39 is 10.8 Å². The zero-order chi connectivity index (χ0) is 21.0. The SMILES string of the molecule is O=S1CCc2nc(N3CCC(c4nnc5ccccn45)CC3)nc(NC3(CO)CC3)c21. The molecule has 3 aliphatic rings. The quantitative estimate of drug-likeness (QED) is 0.616. The molecule has 1 unspecified atom stereocenters. The number of rotatable bonds is 5. The highest BCUT2D eigenvalue weighted by Gasteiger charge is 2.44. The lowest BCUT2D eigenvalue weighted by Gasteiger charge is -2.32. The summed E-state index contributed by atoms with van der Waals surface area (Å²) < 4.78 is 14.6. The molecule has 10 heteroatoms. The van der Waals surface area contributed by atoms with E-state index in [1.807, 2.05) is 24.4 Å². The van der Waals surface area contributed by atoms with Gasteiger partial charge in [-0.05, 0) is 37.8 Å². The molecular weight excluding hydrogens is 414 g/mol. The third kappa shape index (κ3) is 3.28. The Kier molecular flexibility index (Phi) is 4.46. The predicted molar refractivity (Wildman–Crippen MR) is 117 cm³/mol. The minimum atomic E-state index is -1.08. The Labute approximate surface area is 182 Å². The third-order valence-electron chi connectivity index (χ3n) is 6.70. The van der Waals surface area contributed by atoms with Crippen molar-refractivity contribution in [3.8, 4) is 0 Å². The van der Waals surface area contributed by atoms with Crippen molar-refractivity contribution < 1.29 is 9.32 Å². The van der Waals surface area contributed by atoms with Crippen LogP contribution in [0.15, 0.2) is 29.3 Å². The molecule has 3 aromatic heterocycles. The van der Waals surface area contributed by atoms with Crippen LogP contribution in [0.3, 0.4) is 0 Å². The Balaban J connectivity index is 1.25. The van der Waals surface area contributed by atoms with Crippen LogP contribution in [0.2, 0.25) is 0 Å². The average Bonchev–Trinajstić information content (AvgIpc) is 3.28. The largest absolute Gasteiger partial charge is 0.394 e. The zero-order valence-corrected chi connectivity index (χ0v) is 18.0. The maximum absolute atomic E-state index is 12.5. The smallest absolute Gasteiger partial charge is 0.227 e. The van der Waals surface area contributed by atoms with E-state index in [1.54, 1.807) is 0 Å². The fourth-order valence-electron chi connectivity index (χ4n) is 4.61. The highest BCUT2D eigenvalue weighted by molar-refractivity contribution is 7.85. The van der Waals surface area contributed by atoms with E-state index in [4.69, 9.17) is 9.97 Å². The lowest BCUT2D eigenvalue weighted by atomic mass is 9.96. The van der Waals surface area contributed by atoms with Crippen LogP contribution in [0.25, 0.3) is 5.65 Å². The van der Waals surface area contributed by atoms with Crippen LogP contribution in [-0.2, 0) is 17.2 Å². The van der Waals surface area contributed by atoms with E-state index in [2.05, 4.69) is 24.8 Å². The van der Waals surface area contributed by atoms with Gasteiger partial charge in [0.15, 0.2) is 5.65 Å². The number of hydrogen-bond acceptors (Lipinski definition) is 8. The summed E-state index contributed by atoms with van der Waals surface area (Å²) in [6.45, 7) is 1.73. The summed E-state index contributed by atoms with van der Waals surface area (Å²) in [4.78, 5) is 12.5. The van der Waals surface area contributed by atoms with Crippen LogP contribution in [0.5, 0.6) is 0 Å². The standard InChI is InChI=1S/C21H25N7O2S/c29-13-21(7-8-21)24-18-17-15(6-12-31(17)30)22-20(23-18)27-10-4-14(5-11-27)19-26-25-16-3-1-2-9-28(16)19/h1-3,9,14,29H,4-8,10-13H2,(H,22,23,24). The number of aliphatic hydroxyl groups is 1. The molecule has 1 saturated carbocycles. The number of anilines is 2. The molecule has 2 N–H and O–H groups in total. The fourth-order valence-corrected chi connectivity index (χ4v) is 5.92. The molecule has 0 aromatic carbocycles. The number of fused-ring (bicyclic) bond motifs is 2. The number of nitrogens with one attached hydrogen (secondary N) is 1. The molecule has 0 radical (unpaired) electrons. The maximum atomic E-state index is 12.5. The van der Waals surface area contributed by atoms with E-state index in [0.29, 0.717) is 29.9 Å². The number of aryl methyl sites for hydroxylation is 1. The minimum absolute atomic E-state index is 0.0610. The summed E-state index contributed by atoms with van der Waals surface area (Å²) in [6, 6.07) is 5.95. The van der Waals surface area contributed by atoms with Gasteiger partial charge in [-0.25, -0.2) is 4.98 Å². The van der Waals surface area contributed by atoms with Crippen LogP contribution in [0, 0.1) is 0 Å². The molecule has 0 bridgehead atoms. The van der Waals surface area contributed by atoms with Crippen molar-refractivity contribution in [3.05, 3.63) is 35.9 Å². The van der Waals surface area contributed by atoms with E-state index in [0.717, 1.165) is 60.8 Å². The van der Waals surface area contributed by atoms with Gasteiger partial charge in [0.25, 0.3) is 0 Å². The van der Waals surface area contributed by atoms with E-state index in [1.165, 1.54) is 0 Å². The van der Waals surface area contributed by atoms with Gasteiger partial charge in [0, 0.05) is 37.4 Å². The van der Waals surface area contributed by atoms with Gasteiger partial charge in [0.1, 0.15) is 16.5 Å². The second-order valence-corrected chi connectivity index (χ2v) is 10.3. The van der Waals surface area contributed by atoms with Crippen molar-refractivity contribution in [2.75, 3.05) is 35.7 Å². The Morgan fingerprint density at radius 2 is 2.03 bits per heavy atom. The van der Waals surface area contributed by atoms with Crippen LogP contribution in [-0.4, -0.2) is 64.9 Å². The number of aromatic nitrogens is 5. The monoisotopic (exact) mass is 439 g/mol. The zero-order valence-electron chi connectivity index (χ0n) is 17.2. The molecule has 2 aliphatic heterocycles. The van der Waals surface area contributed by atoms with Crippen LogP contribution < -0.4 is 10.2 Å². The molecule has 5 heterocycles. The van der Waals surface area contributed by atoms with Gasteiger partial charge in [-0.1, -0.05) is 6.07 Å². The summed E-state index contributed by atoms with van der Waals surface area (Å²) in [5.74, 6) is 3.29. The van der Waals surface area contributed by atoms with Gasteiger partial charge in [0.2, 0.25) is 5.95 Å². The second kappa shape index (κ2) is 7.23. The first-order valence-electron chi connectivity index (χ1n) is 10.9. The summed E-state index contributed by atoms with van der Waals surface area (Å²) in [7, 11) is -1.08. The van der Waals surface area contributed by atoms with Gasteiger partial charge < -0.3 is 15.3 Å². The second-order valence-electron chi connectivity index (χ2n) is 8.76. The number of aliphatic hydroxyl groups excluding tert-OH is 1. The molecule has 1 saturated heterocycles. The van der Waals surface area contributed by atoms with Crippen molar-refractivity contribution in [2.24, 2.45) is 0 Å². The van der Waals surface area contributed by atoms with E-state index >= 15 is 0 Å². The Morgan fingerprint density at radius 3 is 2.81 bits per heavy atom.